The molecule has 2 rings (SSSR count). The third kappa shape index (κ3) is 5.19. The van der Waals surface area contributed by atoms with Crippen molar-refractivity contribution >= 4 is 12.4 Å². The van der Waals surface area contributed by atoms with E-state index in [1.807, 2.05) is 0 Å². The zero-order valence-corrected chi connectivity index (χ0v) is 11.9. The zero-order valence-electron chi connectivity index (χ0n) is 11.1. The van der Waals surface area contributed by atoms with E-state index in [0.29, 0.717) is 18.2 Å². The SMILES string of the molecule is C[C@@H]1CN(Cc2ccccc2OC(F)(F)F)CCN1.Cl. The predicted octanol–water partition coefficient (Wildman–Crippen LogP) is 2.80. The van der Waals surface area contributed by atoms with Crippen molar-refractivity contribution < 1.29 is 17.9 Å². The molecular weight excluding hydrogens is 293 g/mol. The van der Waals surface area contributed by atoms with Crippen molar-refractivity contribution in [3.8, 4) is 5.75 Å². The Labute approximate surface area is 122 Å². The first-order valence-corrected chi connectivity index (χ1v) is 6.23. The Balaban J connectivity index is 0.00000200. The molecule has 114 valence electrons. The van der Waals surface area contributed by atoms with Crippen LogP contribution < -0.4 is 10.1 Å². The molecule has 0 saturated carbocycles. The second kappa shape index (κ2) is 7.15. The first-order chi connectivity index (χ1) is 8.94. The molecule has 0 aliphatic carbocycles. The minimum absolute atomic E-state index is 0. The summed E-state index contributed by atoms with van der Waals surface area (Å²) in [6.07, 6.45) is -4.65. The third-order valence-electron chi connectivity index (χ3n) is 3.05. The maximum absolute atomic E-state index is 12.3. The van der Waals surface area contributed by atoms with Gasteiger partial charge in [-0.15, -0.1) is 25.6 Å². The van der Waals surface area contributed by atoms with Crippen LogP contribution in [0.2, 0.25) is 0 Å². The Kier molecular flexibility index (Phi) is 6.10. The van der Waals surface area contributed by atoms with Crippen LogP contribution in [0.4, 0.5) is 13.2 Å². The number of nitrogens with zero attached hydrogens (tertiary/aromatic N) is 1. The molecule has 3 nitrogen and oxygen atoms in total. The van der Waals surface area contributed by atoms with Gasteiger partial charge in [-0.2, -0.15) is 0 Å². The number of piperazine rings is 1. The van der Waals surface area contributed by atoms with Crippen molar-refractivity contribution in [2.24, 2.45) is 0 Å². The lowest BCUT2D eigenvalue weighted by Gasteiger charge is -2.32. The van der Waals surface area contributed by atoms with E-state index in [4.69, 9.17) is 0 Å². The maximum Gasteiger partial charge on any atom is 0.573 e. The second-order valence-electron chi connectivity index (χ2n) is 4.75. The van der Waals surface area contributed by atoms with Crippen molar-refractivity contribution in [1.82, 2.24) is 10.2 Å². The molecule has 1 aromatic rings. The molecule has 0 unspecified atom stereocenters. The molecule has 1 aliphatic rings. The molecule has 1 heterocycles. The number of alkyl halides is 3. The summed E-state index contributed by atoms with van der Waals surface area (Å²) in [7, 11) is 0. The van der Waals surface area contributed by atoms with Crippen LogP contribution in [-0.2, 0) is 6.54 Å². The van der Waals surface area contributed by atoms with Crippen LogP contribution in [0.5, 0.6) is 5.75 Å². The van der Waals surface area contributed by atoms with Crippen molar-refractivity contribution in [1.29, 1.82) is 0 Å². The number of para-hydroxylation sites is 1. The van der Waals surface area contributed by atoms with Crippen molar-refractivity contribution in [3.63, 3.8) is 0 Å². The topological polar surface area (TPSA) is 24.5 Å². The van der Waals surface area contributed by atoms with Crippen LogP contribution >= 0.6 is 12.4 Å². The molecule has 0 amide bonds. The number of rotatable bonds is 3. The van der Waals surface area contributed by atoms with Gasteiger partial charge < -0.3 is 10.1 Å². The lowest BCUT2D eigenvalue weighted by molar-refractivity contribution is -0.275. The number of benzene rings is 1. The molecule has 1 aliphatic heterocycles. The minimum Gasteiger partial charge on any atom is -0.405 e. The van der Waals surface area contributed by atoms with Gasteiger partial charge in [0.05, 0.1) is 0 Å². The van der Waals surface area contributed by atoms with E-state index in [-0.39, 0.29) is 18.2 Å². The number of hydrogen-bond donors (Lipinski definition) is 1. The summed E-state index contributed by atoms with van der Waals surface area (Å²) in [5.74, 6) is -0.110. The normalized spacial score (nSPS) is 20.3. The monoisotopic (exact) mass is 310 g/mol. The van der Waals surface area contributed by atoms with E-state index in [9.17, 15) is 13.2 Å². The number of halogens is 4. The van der Waals surface area contributed by atoms with Gasteiger partial charge in [0, 0.05) is 37.8 Å². The number of ether oxygens (including phenoxy) is 1. The van der Waals surface area contributed by atoms with Gasteiger partial charge in [0.25, 0.3) is 0 Å². The van der Waals surface area contributed by atoms with Gasteiger partial charge in [0.15, 0.2) is 0 Å². The van der Waals surface area contributed by atoms with Gasteiger partial charge in [0.2, 0.25) is 0 Å². The lowest BCUT2D eigenvalue weighted by Crippen LogP contribution is -2.48. The Morgan fingerprint density at radius 1 is 1.35 bits per heavy atom. The Morgan fingerprint density at radius 3 is 2.70 bits per heavy atom. The highest BCUT2D eigenvalue weighted by molar-refractivity contribution is 5.85. The minimum atomic E-state index is -4.65. The Bertz CT molecular complexity index is 428. The molecule has 1 aromatic carbocycles. The van der Waals surface area contributed by atoms with Gasteiger partial charge in [-0.25, -0.2) is 0 Å². The summed E-state index contributed by atoms with van der Waals surface area (Å²) < 4.78 is 41.0. The number of nitrogens with one attached hydrogen (secondary N) is 1. The summed E-state index contributed by atoms with van der Waals surface area (Å²) in [6.45, 7) is 5.02. The number of hydrogen-bond acceptors (Lipinski definition) is 3. The van der Waals surface area contributed by atoms with Gasteiger partial charge >= 0.3 is 6.36 Å². The van der Waals surface area contributed by atoms with Crippen LogP contribution in [0, 0.1) is 0 Å². The molecule has 0 radical (unpaired) electrons. The molecular formula is C13H18ClF3N2O. The second-order valence-corrected chi connectivity index (χ2v) is 4.75. The van der Waals surface area contributed by atoms with Crippen LogP contribution in [0.15, 0.2) is 24.3 Å². The zero-order chi connectivity index (χ0) is 13.9. The highest BCUT2D eigenvalue weighted by Crippen LogP contribution is 2.27. The lowest BCUT2D eigenvalue weighted by atomic mass is 10.1. The summed E-state index contributed by atoms with van der Waals surface area (Å²) in [5, 5.41) is 3.30. The van der Waals surface area contributed by atoms with Gasteiger partial charge in [-0.1, -0.05) is 18.2 Å². The highest BCUT2D eigenvalue weighted by Gasteiger charge is 2.32. The summed E-state index contributed by atoms with van der Waals surface area (Å²) in [4.78, 5) is 2.12. The predicted molar refractivity (Wildman–Crippen MR) is 73.1 cm³/mol. The van der Waals surface area contributed by atoms with Crippen molar-refractivity contribution in [2.45, 2.75) is 25.9 Å². The van der Waals surface area contributed by atoms with E-state index in [1.165, 1.54) is 6.07 Å². The maximum atomic E-state index is 12.3. The molecule has 1 N–H and O–H groups in total. The summed E-state index contributed by atoms with van der Waals surface area (Å²) in [5.41, 5.74) is 0.564. The van der Waals surface area contributed by atoms with Crippen molar-refractivity contribution in [2.75, 3.05) is 19.6 Å². The molecule has 0 aromatic heterocycles. The average molecular weight is 311 g/mol. The molecule has 0 bridgehead atoms. The summed E-state index contributed by atoms with van der Waals surface area (Å²) >= 11 is 0. The third-order valence-corrected chi connectivity index (χ3v) is 3.05. The van der Waals surface area contributed by atoms with Gasteiger partial charge in [-0.05, 0) is 13.0 Å². The molecule has 20 heavy (non-hydrogen) atoms. The summed E-state index contributed by atoms with van der Waals surface area (Å²) in [6, 6.07) is 6.65. The fraction of sp³-hybridized carbons (Fsp3) is 0.538. The quantitative estimate of drug-likeness (QED) is 0.929. The largest absolute Gasteiger partial charge is 0.573 e. The van der Waals surface area contributed by atoms with E-state index in [1.54, 1.807) is 18.2 Å². The van der Waals surface area contributed by atoms with Crippen molar-refractivity contribution in [3.05, 3.63) is 29.8 Å². The van der Waals surface area contributed by atoms with Crippen LogP contribution in [0.1, 0.15) is 12.5 Å². The smallest absolute Gasteiger partial charge is 0.405 e. The van der Waals surface area contributed by atoms with Gasteiger partial charge in [0.1, 0.15) is 5.75 Å². The first-order valence-electron chi connectivity index (χ1n) is 6.23. The Hall–Kier alpha value is -0.980. The molecule has 0 spiro atoms. The average Bonchev–Trinajstić information content (AvgIpc) is 2.30. The molecule has 1 saturated heterocycles. The standard InChI is InChI=1S/C13H17F3N2O.ClH/c1-10-8-18(7-6-17-10)9-11-4-2-3-5-12(11)19-13(14,15)16;/h2-5,10,17H,6-9H2,1H3;1H/t10-;/m1./s1. The van der Waals surface area contributed by atoms with E-state index in [2.05, 4.69) is 21.9 Å². The molecule has 7 heteroatoms. The van der Waals surface area contributed by atoms with E-state index in [0.717, 1.165) is 19.6 Å². The highest BCUT2D eigenvalue weighted by atomic mass is 35.5. The molecule has 1 atom stereocenters. The van der Waals surface area contributed by atoms with E-state index >= 15 is 0 Å². The van der Waals surface area contributed by atoms with Crippen LogP contribution in [0.25, 0.3) is 0 Å². The Morgan fingerprint density at radius 2 is 2.05 bits per heavy atom. The van der Waals surface area contributed by atoms with Gasteiger partial charge in [-0.3, -0.25) is 4.90 Å². The van der Waals surface area contributed by atoms with Crippen LogP contribution in [0.3, 0.4) is 0 Å². The fourth-order valence-electron chi connectivity index (χ4n) is 2.26. The molecule has 1 fully saturated rings. The fourth-order valence-corrected chi connectivity index (χ4v) is 2.26. The van der Waals surface area contributed by atoms with E-state index < -0.39 is 6.36 Å². The van der Waals surface area contributed by atoms with Crippen LogP contribution in [-0.4, -0.2) is 36.9 Å². The first kappa shape index (κ1) is 17.1.